The van der Waals surface area contributed by atoms with E-state index in [1.54, 1.807) is 0 Å². The fourth-order valence-corrected chi connectivity index (χ4v) is 3.38. The van der Waals surface area contributed by atoms with Gasteiger partial charge in [-0.05, 0) is 74.9 Å². The highest BCUT2D eigenvalue weighted by atomic mass is 35.5. The molecule has 13 heteroatoms. The number of alkyl halides is 6. The molecule has 3 aromatic rings. The van der Waals surface area contributed by atoms with Gasteiger partial charge in [0.15, 0.2) is 11.5 Å². The normalized spacial score (nSPS) is 12.7. The summed E-state index contributed by atoms with van der Waals surface area (Å²) in [5.74, 6) is -3.32. The summed E-state index contributed by atoms with van der Waals surface area (Å²) in [4.78, 5) is 25.4. The molecule has 222 valence electrons. The topological polar surface area (TPSA) is 84.9 Å². The van der Waals surface area contributed by atoms with E-state index in [1.807, 2.05) is 20.8 Å². The largest absolute Gasteiger partial charge is 0.419 e. The lowest BCUT2D eigenvalue weighted by molar-refractivity contribution is -0.138. The first-order chi connectivity index (χ1) is 18.4. The average Bonchev–Trinajstić information content (AvgIpc) is 2.87. The molecule has 0 aliphatic rings. The van der Waals surface area contributed by atoms with Crippen LogP contribution in [0.4, 0.5) is 26.3 Å². The van der Waals surface area contributed by atoms with Gasteiger partial charge in [0.25, 0.3) is 0 Å². The zero-order valence-electron chi connectivity index (χ0n) is 21.9. The number of aliphatic hydroxyl groups excluding tert-OH is 1. The first-order valence-corrected chi connectivity index (χ1v) is 11.8. The third kappa shape index (κ3) is 9.48. The van der Waals surface area contributed by atoms with Gasteiger partial charge < -0.3 is 19.9 Å². The zero-order chi connectivity index (χ0) is 29.9. The SMILES string of the molecule is CC(C)(C)NCC(O)c1ccc(OC(=O)c2cccc(C(F)(F)F)c2)c(OC(=O)c2cccc(C(F)(F)F)c2)c1.Cl. The van der Waals surface area contributed by atoms with E-state index in [2.05, 4.69) is 5.32 Å². The van der Waals surface area contributed by atoms with Gasteiger partial charge in [-0.3, -0.25) is 0 Å². The van der Waals surface area contributed by atoms with E-state index >= 15 is 0 Å². The smallest absolute Gasteiger partial charge is 0.416 e. The summed E-state index contributed by atoms with van der Waals surface area (Å²) < 4.78 is 89.0. The second-order valence-electron chi connectivity index (χ2n) is 9.79. The number of benzene rings is 3. The van der Waals surface area contributed by atoms with Gasteiger partial charge in [0.2, 0.25) is 0 Å². The van der Waals surface area contributed by atoms with Crippen LogP contribution in [0.15, 0.2) is 66.7 Å². The minimum absolute atomic E-state index is 0. The number of carbonyl (C=O) groups is 2. The van der Waals surface area contributed by atoms with Crippen LogP contribution in [0.1, 0.15) is 64.3 Å². The van der Waals surface area contributed by atoms with Gasteiger partial charge in [-0.25, -0.2) is 9.59 Å². The first kappa shape index (κ1) is 33.6. The van der Waals surface area contributed by atoms with Gasteiger partial charge in [0.05, 0.1) is 28.4 Å². The van der Waals surface area contributed by atoms with Crippen LogP contribution in [-0.2, 0) is 12.4 Å². The molecule has 6 nitrogen and oxygen atoms in total. The van der Waals surface area contributed by atoms with Crippen molar-refractivity contribution < 1.29 is 50.5 Å². The number of halogens is 7. The number of esters is 2. The summed E-state index contributed by atoms with van der Waals surface area (Å²) in [5, 5.41) is 13.7. The van der Waals surface area contributed by atoms with Gasteiger partial charge in [0.1, 0.15) is 0 Å². The third-order valence-electron chi connectivity index (χ3n) is 5.43. The minimum Gasteiger partial charge on any atom is -0.419 e. The van der Waals surface area contributed by atoms with Crippen molar-refractivity contribution in [2.75, 3.05) is 6.54 Å². The molecule has 1 unspecified atom stereocenters. The molecule has 0 fully saturated rings. The lowest BCUT2D eigenvalue weighted by atomic mass is 10.1. The van der Waals surface area contributed by atoms with E-state index in [0.717, 1.165) is 48.5 Å². The highest BCUT2D eigenvalue weighted by molar-refractivity contribution is 5.93. The fourth-order valence-electron chi connectivity index (χ4n) is 3.38. The molecule has 0 bridgehead atoms. The Hall–Kier alpha value is -3.61. The van der Waals surface area contributed by atoms with Crippen molar-refractivity contribution in [3.63, 3.8) is 0 Å². The Bertz CT molecular complexity index is 1390. The lowest BCUT2D eigenvalue weighted by Gasteiger charge is -2.23. The van der Waals surface area contributed by atoms with Gasteiger partial charge in [-0.15, -0.1) is 12.4 Å². The van der Waals surface area contributed by atoms with E-state index in [1.165, 1.54) is 6.07 Å². The molecule has 0 heterocycles. The Morgan fingerprint density at radius 1 is 0.756 bits per heavy atom. The third-order valence-corrected chi connectivity index (χ3v) is 5.43. The maximum atomic E-state index is 13.1. The zero-order valence-corrected chi connectivity index (χ0v) is 22.7. The Kier molecular flexibility index (Phi) is 10.6. The number of ether oxygens (including phenoxy) is 2. The molecule has 0 radical (unpaired) electrons. The van der Waals surface area contributed by atoms with E-state index in [9.17, 15) is 41.0 Å². The van der Waals surface area contributed by atoms with Gasteiger partial charge in [-0.1, -0.05) is 18.2 Å². The van der Waals surface area contributed by atoms with Gasteiger partial charge >= 0.3 is 24.3 Å². The van der Waals surface area contributed by atoms with Gasteiger partial charge in [0, 0.05) is 12.1 Å². The molecule has 41 heavy (non-hydrogen) atoms. The maximum Gasteiger partial charge on any atom is 0.416 e. The molecule has 0 aliphatic heterocycles. The first-order valence-electron chi connectivity index (χ1n) is 11.8. The Morgan fingerprint density at radius 3 is 1.66 bits per heavy atom. The van der Waals surface area contributed by atoms with E-state index in [-0.39, 0.29) is 30.1 Å². The van der Waals surface area contributed by atoms with Crippen LogP contribution in [-0.4, -0.2) is 29.1 Å². The second kappa shape index (κ2) is 12.9. The van der Waals surface area contributed by atoms with Crippen LogP contribution in [0.2, 0.25) is 0 Å². The number of β-amino-alcohol motifs (C(OH)–C–C–N with tert-alkyl or cyclic N) is 1. The Balaban J connectivity index is 0.00000588. The van der Waals surface area contributed by atoms with Crippen LogP contribution in [0.3, 0.4) is 0 Å². The number of carbonyl (C=O) groups excluding carboxylic acids is 2. The predicted octanol–water partition coefficient (Wildman–Crippen LogP) is 7.01. The van der Waals surface area contributed by atoms with Crippen molar-refractivity contribution in [3.8, 4) is 11.5 Å². The summed E-state index contributed by atoms with van der Waals surface area (Å²) in [6.07, 6.45) is -10.6. The minimum atomic E-state index is -4.73. The van der Waals surface area contributed by atoms with Crippen molar-refractivity contribution in [3.05, 3.63) is 94.5 Å². The molecule has 3 aromatic carbocycles. The highest BCUT2D eigenvalue weighted by Gasteiger charge is 2.32. The van der Waals surface area contributed by atoms with Crippen LogP contribution < -0.4 is 14.8 Å². The molecule has 0 amide bonds. The van der Waals surface area contributed by atoms with Crippen LogP contribution in [0.5, 0.6) is 11.5 Å². The van der Waals surface area contributed by atoms with Crippen LogP contribution in [0, 0.1) is 0 Å². The van der Waals surface area contributed by atoms with Crippen LogP contribution in [0.25, 0.3) is 0 Å². The molecule has 1 atom stereocenters. The quantitative estimate of drug-likeness (QED) is 0.171. The number of aliphatic hydroxyl groups is 1. The number of hydrogen-bond donors (Lipinski definition) is 2. The molecule has 0 aliphatic carbocycles. The van der Waals surface area contributed by atoms with E-state index < -0.39 is 64.1 Å². The molecule has 2 N–H and O–H groups in total. The van der Waals surface area contributed by atoms with Crippen molar-refractivity contribution >= 4 is 24.3 Å². The van der Waals surface area contributed by atoms with Crippen molar-refractivity contribution in [2.24, 2.45) is 0 Å². The predicted molar refractivity (Wildman–Crippen MR) is 139 cm³/mol. The lowest BCUT2D eigenvalue weighted by Crippen LogP contribution is -2.38. The van der Waals surface area contributed by atoms with Gasteiger partial charge in [-0.2, -0.15) is 26.3 Å². The number of nitrogens with one attached hydrogen (secondary N) is 1. The second-order valence-corrected chi connectivity index (χ2v) is 9.79. The molecular weight excluding hydrogens is 580 g/mol. The molecule has 0 spiro atoms. The van der Waals surface area contributed by atoms with Crippen molar-refractivity contribution in [2.45, 2.75) is 44.8 Å². The standard InChI is InChI=1S/C28H25F6NO5.ClH/c1-26(2,3)35-15-21(36)16-10-11-22(39-24(37)17-6-4-8-19(12-17)27(29,30)31)23(14-16)40-25(38)18-7-5-9-20(13-18)28(32,33)34;/h4-14,21,35-36H,15H2,1-3H3;1H. The Morgan fingerprint density at radius 2 is 1.22 bits per heavy atom. The average molecular weight is 606 g/mol. The van der Waals surface area contributed by atoms with Crippen molar-refractivity contribution in [1.82, 2.24) is 5.32 Å². The van der Waals surface area contributed by atoms with E-state index in [0.29, 0.717) is 12.1 Å². The summed E-state index contributed by atoms with van der Waals surface area (Å²) >= 11 is 0. The summed E-state index contributed by atoms with van der Waals surface area (Å²) in [5.41, 5.74) is -3.28. The molecule has 0 aromatic heterocycles. The molecule has 0 saturated carbocycles. The monoisotopic (exact) mass is 605 g/mol. The summed E-state index contributed by atoms with van der Waals surface area (Å²) in [7, 11) is 0. The number of rotatable bonds is 7. The van der Waals surface area contributed by atoms with E-state index in [4.69, 9.17) is 9.47 Å². The molecular formula is C28H26ClF6NO5. The Labute approximate surface area is 237 Å². The summed E-state index contributed by atoms with van der Waals surface area (Å²) in [6.45, 7) is 5.64. The maximum absolute atomic E-state index is 13.1. The van der Waals surface area contributed by atoms with Crippen LogP contribution >= 0.6 is 12.4 Å². The molecule has 0 saturated heterocycles. The molecule has 3 rings (SSSR count). The summed E-state index contributed by atoms with van der Waals surface area (Å²) in [6, 6.07) is 10.5. The fraction of sp³-hybridized carbons (Fsp3) is 0.286. The highest BCUT2D eigenvalue weighted by Crippen LogP contribution is 2.34. The van der Waals surface area contributed by atoms with Crippen molar-refractivity contribution in [1.29, 1.82) is 0 Å². The number of hydrogen-bond acceptors (Lipinski definition) is 6.